The van der Waals surface area contributed by atoms with Crippen LogP contribution in [0, 0.1) is 5.92 Å². The summed E-state index contributed by atoms with van der Waals surface area (Å²) in [5, 5.41) is 0.301. The van der Waals surface area contributed by atoms with Crippen LogP contribution in [0.4, 0.5) is 0 Å². The van der Waals surface area contributed by atoms with Crippen molar-refractivity contribution in [1.82, 2.24) is 0 Å². The zero-order valence-electron chi connectivity index (χ0n) is 14.9. The van der Waals surface area contributed by atoms with E-state index in [4.69, 9.17) is 5.73 Å². The molecule has 126 valence electrons. The normalized spacial score (nSPS) is 17.0. The maximum absolute atomic E-state index is 6.45. The van der Waals surface area contributed by atoms with Crippen LogP contribution < -0.4 is 5.73 Å². The summed E-state index contributed by atoms with van der Waals surface area (Å²) in [7, 11) is 0. The molecule has 0 fully saturated rings. The van der Waals surface area contributed by atoms with Crippen molar-refractivity contribution in [3.05, 3.63) is 48.1 Å². The zero-order valence-corrected chi connectivity index (χ0v) is 15.8. The van der Waals surface area contributed by atoms with Crippen LogP contribution in [0.2, 0.25) is 0 Å². The van der Waals surface area contributed by atoms with Crippen molar-refractivity contribution in [2.24, 2.45) is 11.7 Å². The average Bonchev–Trinajstić information content (AvgIpc) is 2.48. The van der Waals surface area contributed by atoms with Gasteiger partial charge < -0.3 is 5.73 Å². The van der Waals surface area contributed by atoms with E-state index in [0.717, 1.165) is 37.7 Å². The molecule has 2 N–H and O–H groups in total. The molecule has 2 heteroatoms. The summed E-state index contributed by atoms with van der Waals surface area (Å²) in [6, 6.07) is -0.0272. The Morgan fingerprint density at radius 1 is 1.18 bits per heavy atom. The number of hydrogen-bond acceptors (Lipinski definition) is 2. The third-order valence-electron chi connectivity index (χ3n) is 4.14. The van der Waals surface area contributed by atoms with Crippen molar-refractivity contribution in [2.75, 3.05) is 0 Å². The maximum Gasteiger partial charge on any atom is 0.0446 e. The van der Waals surface area contributed by atoms with Crippen LogP contribution in [0.1, 0.15) is 59.8 Å². The fourth-order valence-corrected chi connectivity index (χ4v) is 2.71. The van der Waals surface area contributed by atoms with Crippen molar-refractivity contribution in [1.29, 1.82) is 0 Å². The molecule has 0 aromatic heterocycles. The van der Waals surface area contributed by atoms with Gasteiger partial charge in [0.05, 0.1) is 0 Å². The highest BCUT2D eigenvalue weighted by Crippen LogP contribution is 2.24. The first-order valence-corrected chi connectivity index (χ1v) is 9.02. The molecule has 0 aliphatic carbocycles. The van der Waals surface area contributed by atoms with Crippen molar-refractivity contribution < 1.29 is 0 Å². The molecule has 0 spiro atoms. The first-order chi connectivity index (χ1) is 10.4. The van der Waals surface area contributed by atoms with Crippen LogP contribution in [-0.4, -0.2) is 11.3 Å². The topological polar surface area (TPSA) is 26.0 Å². The highest BCUT2D eigenvalue weighted by molar-refractivity contribution is 7.80. The molecule has 3 unspecified atom stereocenters. The Morgan fingerprint density at radius 3 is 2.23 bits per heavy atom. The molecule has 0 amide bonds. The monoisotopic (exact) mass is 321 g/mol. The third-order valence-corrected chi connectivity index (χ3v) is 4.59. The predicted octanol–water partition coefficient (Wildman–Crippen LogP) is 5.85. The van der Waals surface area contributed by atoms with Gasteiger partial charge in [0.15, 0.2) is 0 Å². The Morgan fingerprint density at radius 2 is 1.77 bits per heavy atom. The summed E-state index contributed by atoms with van der Waals surface area (Å²) in [6.07, 6.45) is 11.5. The Bertz CT molecular complexity index is 404. The van der Waals surface area contributed by atoms with Crippen LogP contribution in [0.25, 0.3) is 0 Å². The summed E-state index contributed by atoms with van der Waals surface area (Å²) in [5.41, 5.74) is 10.4. The second kappa shape index (κ2) is 11.8. The average molecular weight is 322 g/mol. The molecule has 22 heavy (non-hydrogen) atoms. The maximum atomic E-state index is 6.45. The van der Waals surface area contributed by atoms with Crippen LogP contribution in [0.3, 0.4) is 0 Å². The van der Waals surface area contributed by atoms with Gasteiger partial charge in [0, 0.05) is 11.3 Å². The Balaban J connectivity index is 5.20. The van der Waals surface area contributed by atoms with Gasteiger partial charge in [0.25, 0.3) is 0 Å². The van der Waals surface area contributed by atoms with Gasteiger partial charge in [0.1, 0.15) is 0 Å². The molecule has 3 atom stereocenters. The summed E-state index contributed by atoms with van der Waals surface area (Å²) in [5.74, 6) is 0.355. The summed E-state index contributed by atoms with van der Waals surface area (Å²) in [6.45, 7) is 16.7. The van der Waals surface area contributed by atoms with E-state index in [9.17, 15) is 0 Å². The number of allylic oxidation sites excluding steroid dienone is 4. The number of rotatable bonds is 11. The van der Waals surface area contributed by atoms with Crippen LogP contribution in [0.15, 0.2) is 48.1 Å². The van der Waals surface area contributed by atoms with Gasteiger partial charge in [-0.15, -0.1) is 6.58 Å². The molecular formula is C20H35NS. The molecule has 0 saturated carbocycles. The van der Waals surface area contributed by atoms with Gasteiger partial charge in [-0.25, -0.2) is 0 Å². The van der Waals surface area contributed by atoms with E-state index in [-0.39, 0.29) is 6.04 Å². The molecular weight excluding hydrogens is 286 g/mol. The lowest BCUT2D eigenvalue weighted by molar-refractivity contribution is 0.691. The lowest BCUT2D eigenvalue weighted by Gasteiger charge is -2.19. The second-order valence-corrected chi connectivity index (χ2v) is 6.93. The van der Waals surface area contributed by atoms with Crippen molar-refractivity contribution >= 4 is 12.6 Å². The smallest absolute Gasteiger partial charge is 0.0446 e. The van der Waals surface area contributed by atoms with Crippen LogP contribution >= 0.6 is 12.6 Å². The lowest BCUT2D eigenvalue weighted by Crippen LogP contribution is -2.22. The van der Waals surface area contributed by atoms with Crippen molar-refractivity contribution in [2.45, 2.75) is 71.1 Å². The van der Waals surface area contributed by atoms with E-state index in [1.807, 2.05) is 6.08 Å². The first kappa shape index (κ1) is 21.3. The molecule has 0 rings (SSSR count). The SMILES string of the molecule is C=CCC(CCC)=C(CCC)C(N)C=CC(=C)C(C)C(C)S. The number of nitrogens with two attached hydrogens (primary N) is 1. The van der Waals surface area contributed by atoms with Crippen molar-refractivity contribution in [3.63, 3.8) is 0 Å². The molecule has 1 nitrogen and oxygen atoms in total. The minimum absolute atomic E-state index is 0.0272. The van der Waals surface area contributed by atoms with E-state index in [1.54, 1.807) is 0 Å². The second-order valence-electron chi connectivity index (χ2n) is 6.11. The van der Waals surface area contributed by atoms with Gasteiger partial charge in [-0.2, -0.15) is 12.6 Å². The van der Waals surface area contributed by atoms with Crippen LogP contribution in [0.5, 0.6) is 0 Å². The van der Waals surface area contributed by atoms with Gasteiger partial charge >= 0.3 is 0 Å². The van der Waals surface area contributed by atoms with E-state index < -0.39 is 0 Å². The minimum atomic E-state index is -0.0272. The quantitative estimate of drug-likeness (QED) is 0.278. The van der Waals surface area contributed by atoms with Gasteiger partial charge in [-0.1, -0.05) is 82.1 Å². The predicted molar refractivity (Wildman–Crippen MR) is 106 cm³/mol. The summed E-state index contributed by atoms with van der Waals surface area (Å²) < 4.78 is 0. The Labute approximate surface area is 143 Å². The lowest BCUT2D eigenvalue weighted by atomic mass is 9.91. The van der Waals surface area contributed by atoms with Gasteiger partial charge in [0.2, 0.25) is 0 Å². The minimum Gasteiger partial charge on any atom is -0.321 e. The van der Waals surface area contributed by atoms with E-state index in [0.29, 0.717) is 11.2 Å². The Hall–Kier alpha value is -0.730. The molecule has 0 saturated heterocycles. The van der Waals surface area contributed by atoms with E-state index >= 15 is 0 Å². The molecule has 0 radical (unpaired) electrons. The fourth-order valence-electron chi connectivity index (χ4n) is 2.52. The molecule has 0 aliphatic rings. The van der Waals surface area contributed by atoms with Gasteiger partial charge in [-0.3, -0.25) is 0 Å². The standard InChI is InChI=1S/C20H35NS/c1-7-10-18(11-8-2)19(12-9-3)20(21)14-13-15(4)16(5)17(6)22/h7,13-14,16-17,20,22H,1,4,8-12,21H2,2-3,5-6H3. The Kier molecular flexibility index (Phi) is 11.4. The highest BCUT2D eigenvalue weighted by atomic mass is 32.1. The highest BCUT2D eigenvalue weighted by Gasteiger charge is 2.13. The molecule has 0 bridgehead atoms. The first-order valence-electron chi connectivity index (χ1n) is 8.51. The summed E-state index contributed by atoms with van der Waals surface area (Å²) >= 11 is 4.49. The largest absolute Gasteiger partial charge is 0.321 e. The van der Waals surface area contributed by atoms with Gasteiger partial charge in [-0.05, 0) is 25.2 Å². The molecule has 0 aromatic carbocycles. The van der Waals surface area contributed by atoms with E-state index in [1.165, 1.54) is 11.1 Å². The molecule has 0 aromatic rings. The zero-order chi connectivity index (χ0) is 17.1. The molecule has 0 aliphatic heterocycles. The summed E-state index contributed by atoms with van der Waals surface area (Å²) in [4.78, 5) is 0. The number of thiol groups is 1. The number of hydrogen-bond donors (Lipinski definition) is 2. The van der Waals surface area contributed by atoms with Crippen LogP contribution in [-0.2, 0) is 0 Å². The molecule has 0 heterocycles. The van der Waals surface area contributed by atoms with E-state index in [2.05, 4.69) is 65.6 Å². The van der Waals surface area contributed by atoms with Crippen molar-refractivity contribution in [3.8, 4) is 0 Å². The third kappa shape index (κ3) is 7.51. The fraction of sp³-hybridized carbons (Fsp3) is 0.600.